The van der Waals surface area contributed by atoms with Crippen LogP contribution in [0.25, 0.3) is 0 Å². The Kier molecular flexibility index (Phi) is 5.56. The zero-order chi connectivity index (χ0) is 16.9. The average Bonchev–Trinajstić information content (AvgIpc) is 3.10. The molecule has 5 nitrogen and oxygen atoms in total. The highest BCUT2D eigenvalue weighted by Gasteiger charge is 2.30. The quantitative estimate of drug-likeness (QED) is 0.901. The first-order valence-electron chi connectivity index (χ1n) is 7.96. The maximum atomic E-state index is 12.7. The molecule has 1 N–H and O–H groups in total. The summed E-state index contributed by atoms with van der Waals surface area (Å²) in [4.78, 5) is 14.5. The number of halogens is 1. The number of amides is 1. The first kappa shape index (κ1) is 17.0. The lowest BCUT2D eigenvalue weighted by molar-refractivity contribution is -0.140. The molecule has 2 atom stereocenters. The molecule has 0 bridgehead atoms. The van der Waals surface area contributed by atoms with Gasteiger partial charge >= 0.3 is 0 Å². The smallest absolute Gasteiger partial charge is 0.227 e. The van der Waals surface area contributed by atoms with Crippen molar-refractivity contribution in [2.75, 3.05) is 19.8 Å². The number of furan rings is 1. The highest BCUT2D eigenvalue weighted by molar-refractivity contribution is 6.30. The van der Waals surface area contributed by atoms with Crippen LogP contribution in [-0.4, -0.2) is 41.7 Å². The van der Waals surface area contributed by atoms with Crippen LogP contribution < -0.4 is 0 Å². The van der Waals surface area contributed by atoms with Crippen LogP contribution >= 0.6 is 11.6 Å². The van der Waals surface area contributed by atoms with E-state index in [9.17, 15) is 9.90 Å². The first-order chi connectivity index (χ1) is 11.6. The molecule has 6 heteroatoms. The van der Waals surface area contributed by atoms with E-state index in [1.807, 2.05) is 12.1 Å². The zero-order valence-electron chi connectivity index (χ0n) is 13.2. The summed E-state index contributed by atoms with van der Waals surface area (Å²) in [5.41, 5.74) is 0.879. The molecule has 2 heterocycles. The molecular weight excluding hydrogens is 330 g/mol. The van der Waals surface area contributed by atoms with E-state index >= 15 is 0 Å². The maximum absolute atomic E-state index is 12.7. The van der Waals surface area contributed by atoms with Crippen molar-refractivity contribution in [3.63, 3.8) is 0 Å². The van der Waals surface area contributed by atoms with Gasteiger partial charge in [-0.3, -0.25) is 4.79 Å². The van der Waals surface area contributed by atoms with E-state index in [4.69, 9.17) is 20.8 Å². The zero-order valence-corrected chi connectivity index (χ0v) is 14.0. The molecule has 128 valence electrons. The third-order valence-electron chi connectivity index (χ3n) is 4.16. The van der Waals surface area contributed by atoms with Crippen LogP contribution in [0.2, 0.25) is 5.02 Å². The number of benzene rings is 1. The summed E-state index contributed by atoms with van der Waals surface area (Å²) in [5, 5.41) is 10.9. The maximum Gasteiger partial charge on any atom is 0.227 e. The monoisotopic (exact) mass is 349 g/mol. The minimum atomic E-state index is -0.756. The second kappa shape index (κ2) is 7.83. The summed E-state index contributed by atoms with van der Waals surface area (Å²) in [6, 6.07) is 10.6. The molecule has 1 aromatic carbocycles. The standard InChI is InChI=1S/C18H20ClNO4/c19-14-4-1-3-13(9-14)10-18(22)20-6-8-23-12-15(20)11-16(21)17-5-2-7-24-17/h1-5,7,9,15-16,21H,6,8,10-12H2/t15-,16-/m1/s1. The van der Waals surface area contributed by atoms with E-state index in [0.29, 0.717) is 37.0 Å². The fourth-order valence-corrected chi connectivity index (χ4v) is 3.17. The number of rotatable bonds is 5. The number of morpholine rings is 1. The molecule has 0 unspecified atom stereocenters. The molecule has 0 spiro atoms. The summed E-state index contributed by atoms with van der Waals surface area (Å²) in [6.45, 7) is 1.45. The lowest BCUT2D eigenvalue weighted by Gasteiger charge is -2.36. The van der Waals surface area contributed by atoms with Crippen LogP contribution in [-0.2, 0) is 16.0 Å². The number of hydrogen-bond donors (Lipinski definition) is 1. The second-order valence-electron chi connectivity index (χ2n) is 5.89. The van der Waals surface area contributed by atoms with Crippen LogP contribution in [0.4, 0.5) is 0 Å². The lowest BCUT2D eigenvalue weighted by atomic mass is 10.0. The number of carbonyl (C=O) groups is 1. The predicted octanol–water partition coefficient (Wildman–Crippen LogP) is 2.83. The van der Waals surface area contributed by atoms with Gasteiger partial charge in [-0.25, -0.2) is 0 Å². The van der Waals surface area contributed by atoms with Gasteiger partial charge < -0.3 is 19.2 Å². The van der Waals surface area contributed by atoms with Gasteiger partial charge in [-0.1, -0.05) is 23.7 Å². The van der Waals surface area contributed by atoms with Gasteiger partial charge in [0.2, 0.25) is 5.91 Å². The summed E-state index contributed by atoms with van der Waals surface area (Å²) < 4.78 is 10.7. The largest absolute Gasteiger partial charge is 0.467 e. The summed E-state index contributed by atoms with van der Waals surface area (Å²) in [6.07, 6.45) is 1.44. The van der Waals surface area contributed by atoms with Gasteiger partial charge in [-0.2, -0.15) is 0 Å². The minimum Gasteiger partial charge on any atom is -0.467 e. The fraction of sp³-hybridized carbons (Fsp3) is 0.389. The Bertz CT molecular complexity index is 673. The van der Waals surface area contributed by atoms with Crippen molar-refractivity contribution in [2.24, 2.45) is 0 Å². The van der Waals surface area contributed by atoms with Crippen molar-refractivity contribution in [1.29, 1.82) is 0 Å². The summed E-state index contributed by atoms with van der Waals surface area (Å²) in [7, 11) is 0. The van der Waals surface area contributed by atoms with Crippen molar-refractivity contribution in [3.8, 4) is 0 Å². The molecule has 1 aromatic heterocycles. The number of aliphatic hydroxyl groups excluding tert-OH is 1. The SMILES string of the molecule is O=C(Cc1cccc(Cl)c1)N1CCOC[C@H]1C[C@@H](O)c1ccco1. The van der Waals surface area contributed by atoms with Crippen LogP contribution in [0.3, 0.4) is 0 Å². The van der Waals surface area contributed by atoms with E-state index < -0.39 is 6.10 Å². The molecule has 3 rings (SSSR count). The topological polar surface area (TPSA) is 62.9 Å². The normalized spacial score (nSPS) is 19.2. The van der Waals surface area contributed by atoms with Crippen molar-refractivity contribution < 1.29 is 19.1 Å². The van der Waals surface area contributed by atoms with Gasteiger partial charge in [0.25, 0.3) is 0 Å². The molecule has 1 saturated heterocycles. The van der Waals surface area contributed by atoms with Gasteiger partial charge in [-0.05, 0) is 29.8 Å². The van der Waals surface area contributed by atoms with Crippen molar-refractivity contribution in [3.05, 3.63) is 59.0 Å². The third kappa shape index (κ3) is 4.17. The molecular formula is C18H20ClNO4. The Labute approximate surface area is 145 Å². The molecule has 2 aromatic rings. The van der Waals surface area contributed by atoms with E-state index in [0.717, 1.165) is 5.56 Å². The number of carbonyl (C=O) groups excluding carboxylic acids is 1. The molecule has 1 fully saturated rings. The summed E-state index contributed by atoms with van der Waals surface area (Å²) >= 11 is 5.98. The van der Waals surface area contributed by atoms with Gasteiger partial charge in [0, 0.05) is 18.0 Å². The van der Waals surface area contributed by atoms with Gasteiger partial charge in [0.15, 0.2) is 0 Å². The molecule has 1 aliphatic rings. The van der Waals surface area contributed by atoms with Gasteiger partial charge in [0.1, 0.15) is 11.9 Å². The molecule has 24 heavy (non-hydrogen) atoms. The molecule has 0 aliphatic carbocycles. The van der Waals surface area contributed by atoms with E-state index in [2.05, 4.69) is 0 Å². The van der Waals surface area contributed by atoms with Crippen LogP contribution in [0.5, 0.6) is 0 Å². The predicted molar refractivity (Wildman–Crippen MR) is 89.8 cm³/mol. The number of nitrogens with zero attached hydrogens (tertiary/aromatic N) is 1. The van der Waals surface area contributed by atoms with Crippen LogP contribution in [0.15, 0.2) is 47.1 Å². The molecule has 0 radical (unpaired) electrons. The highest BCUT2D eigenvalue weighted by Crippen LogP contribution is 2.23. The third-order valence-corrected chi connectivity index (χ3v) is 4.39. The lowest BCUT2D eigenvalue weighted by Crippen LogP contribution is -2.49. The number of aliphatic hydroxyl groups is 1. The highest BCUT2D eigenvalue weighted by atomic mass is 35.5. The van der Waals surface area contributed by atoms with Gasteiger partial charge in [0.05, 0.1) is 31.9 Å². The Morgan fingerprint density at radius 1 is 1.38 bits per heavy atom. The van der Waals surface area contributed by atoms with E-state index in [1.165, 1.54) is 6.26 Å². The number of hydrogen-bond acceptors (Lipinski definition) is 4. The Morgan fingerprint density at radius 3 is 3.00 bits per heavy atom. The first-order valence-corrected chi connectivity index (χ1v) is 8.34. The van der Waals surface area contributed by atoms with Crippen LogP contribution in [0, 0.1) is 0 Å². The Morgan fingerprint density at radius 2 is 2.25 bits per heavy atom. The number of ether oxygens (including phenoxy) is 1. The fourth-order valence-electron chi connectivity index (χ4n) is 2.96. The van der Waals surface area contributed by atoms with E-state index in [1.54, 1.807) is 29.2 Å². The van der Waals surface area contributed by atoms with Crippen molar-refractivity contribution >= 4 is 17.5 Å². The molecule has 0 saturated carbocycles. The van der Waals surface area contributed by atoms with Gasteiger partial charge in [-0.15, -0.1) is 0 Å². The van der Waals surface area contributed by atoms with E-state index in [-0.39, 0.29) is 18.4 Å². The van der Waals surface area contributed by atoms with Crippen molar-refractivity contribution in [2.45, 2.75) is 25.0 Å². The Hall–Kier alpha value is -1.82. The second-order valence-corrected chi connectivity index (χ2v) is 6.33. The summed E-state index contributed by atoms with van der Waals surface area (Å²) in [5.74, 6) is 0.514. The van der Waals surface area contributed by atoms with Crippen LogP contribution in [0.1, 0.15) is 23.8 Å². The molecule has 1 amide bonds. The Balaban J connectivity index is 1.66. The molecule has 1 aliphatic heterocycles. The average molecular weight is 350 g/mol. The minimum absolute atomic E-state index is 0.0113. The van der Waals surface area contributed by atoms with Crippen molar-refractivity contribution in [1.82, 2.24) is 4.90 Å².